The van der Waals surface area contributed by atoms with E-state index < -0.39 is 12.0 Å². The molecule has 0 spiro atoms. The summed E-state index contributed by atoms with van der Waals surface area (Å²) >= 11 is 0. The van der Waals surface area contributed by atoms with Crippen LogP contribution in [0, 0.1) is 0 Å². The Bertz CT molecular complexity index is 622. The van der Waals surface area contributed by atoms with Crippen LogP contribution in [0.2, 0.25) is 0 Å². The smallest absolute Gasteiger partial charge is 0.328 e. The predicted octanol–water partition coefficient (Wildman–Crippen LogP) is 2.13. The zero-order valence-corrected chi connectivity index (χ0v) is 10.8. The van der Waals surface area contributed by atoms with Crippen molar-refractivity contribution in [2.45, 2.75) is 13.0 Å². The molecule has 0 saturated heterocycles. The Balaban J connectivity index is 2.19. The summed E-state index contributed by atoms with van der Waals surface area (Å²) in [5.74, 6) is -0.752. The summed E-state index contributed by atoms with van der Waals surface area (Å²) < 4.78 is 4.57. The standard InChI is InChI=1S/C15H15NO3/c1-10(15(18)19-2)16-14(17)13-8-7-11-5-3-4-6-12(11)9-13/h3-10H,1-2H3,(H,16,17). The summed E-state index contributed by atoms with van der Waals surface area (Å²) in [6, 6.07) is 12.5. The molecule has 1 unspecified atom stereocenters. The van der Waals surface area contributed by atoms with E-state index in [1.54, 1.807) is 19.1 Å². The van der Waals surface area contributed by atoms with Crippen molar-refractivity contribution in [3.63, 3.8) is 0 Å². The number of methoxy groups -OCH3 is 1. The van der Waals surface area contributed by atoms with Crippen molar-refractivity contribution in [1.82, 2.24) is 5.32 Å². The lowest BCUT2D eigenvalue weighted by Crippen LogP contribution is -2.39. The number of carbonyl (C=O) groups is 2. The van der Waals surface area contributed by atoms with E-state index in [1.807, 2.05) is 30.3 Å². The number of esters is 1. The van der Waals surface area contributed by atoms with Crippen molar-refractivity contribution in [2.75, 3.05) is 7.11 Å². The van der Waals surface area contributed by atoms with Gasteiger partial charge in [0.1, 0.15) is 6.04 Å². The number of nitrogens with one attached hydrogen (secondary N) is 1. The van der Waals surface area contributed by atoms with Gasteiger partial charge in [0, 0.05) is 5.56 Å². The number of benzene rings is 2. The Kier molecular flexibility index (Phi) is 3.80. The SMILES string of the molecule is COC(=O)C(C)NC(=O)c1ccc2ccccc2c1. The van der Waals surface area contributed by atoms with Crippen molar-refractivity contribution in [1.29, 1.82) is 0 Å². The molecule has 2 aromatic rings. The summed E-state index contributed by atoms with van der Waals surface area (Å²) in [6.45, 7) is 1.59. The van der Waals surface area contributed by atoms with Gasteiger partial charge in [0.05, 0.1) is 7.11 Å². The zero-order valence-electron chi connectivity index (χ0n) is 10.8. The quantitative estimate of drug-likeness (QED) is 0.857. The molecule has 0 bridgehead atoms. The van der Waals surface area contributed by atoms with Gasteiger partial charge in [-0.2, -0.15) is 0 Å². The maximum absolute atomic E-state index is 12.0. The average Bonchev–Trinajstić information content (AvgIpc) is 2.45. The summed E-state index contributed by atoms with van der Waals surface area (Å²) in [5.41, 5.74) is 0.523. The first-order valence-corrected chi connectivity index (χ1v) is 5.99. The largest absolute Gasteiger partial charge is 0.467 e. The molecule has 0 aliphatic heterocycles. The molecule has 19 heavy (non-hydrogen) atoms. The van der Waals surface area contributed by atoms with Gasteiger partial charge in [-0.15, -0.1) is 0 Å². The van der Waals surface area contributed by atoms with Gasteiger partial charge in [-0.1, -0.05) is 30.3 Å². The molecule has 1 amide bonds. The van der Waals surface area contributed by atoms with Crippen LogP contribution in [-0.2, 0) is 9.53 Å². The maximum Gasteiger partial charge on any atom is 0.328 e. The van der Waals surface area contributed by atoms with Gasteiger partial charge >= 0.3 is 5.97 Å². The van der Waals surface area contributed by atoms with Crippen LogP contribution in [0.1, 0.15) is 17.3 Å². The second-order valence-corrected chi connectivity index (χ2v) is 4.28. The molecule has 0 heterocycles. The van der Waals surface area contributed by atoms with E-state index in [9.17, 15) is 9.59 Å². The number of hydrogen-bond acceptors (Lipinski definition) is 3. The number of rotatable bonds is 3. The molecule has 0 aliphatic carbocycles. The molecule has 0 saturated carbocycles. The van der Waals surface area contributed by atoms with Gasteiger partial charge in [0.2, 0.25) is 0 Å². The first-order chi connectivity index (χ1) is 9.11. The third-order valence-electron chi connectivity index (χ3n) is 2.91. The number of carbonyl (C=O) groups excluding carboxylic acids is 2. The van der Waals surface area contributed by atoms with Crippen LogP contribution >= 0.6 is 0 Å². The molecule has 0 aliphatic rings. The third-order valence-corrected chi connectivity index (χ3v) is 2.91. The minimum absolute atomic E-state index is 0.288. The first kappa shape index (κ1) is 13.1. The number of fused-ring (bicyclic) bond motifs is 1. The zero-order chi connectivity index (χ0) is 13.8. The molecular weight excluding hydrogens is 242 g/mol. The lowest BCUT2D eigenvalue weighted by molar-refractivity contribution is -0.142. The molecule has 98 valence electrons. The van der Waals surface area contributed by atoms with E-state index in [2.05, 4.69) is 10.1 Å². The Hall–Kier alpha value is -2.36. The fourth-order valence-corrected chi connectivity index (χ4v) is 1.85. The van der Waals surface area contributed by atoms with E-state index in [1.165, 1.54) is 7.11 Å². The molecule has 0 aromatic heterocycles. The van der Waals surface area contributed by atoms with Crippen LogP contribution < -0.4 is 5.32 Å². The molecule has 1 atom stereocenters. The minimum Gasteiger partial charge on any atom is -0.467 e. The van der Waals surface area contributed by atoms with Crippen molar-refractivity contribution >= 4 is 22.6 Å². The van der Waals surface area contributed by atoms with E-state index >= 15 is 0 Å². The van der Waals surface area contributed by atoms with E-state index in [0.29, 0.717) is 5.56 Å². The van der Waals surface area contributed by atoms with Crippen molar-refractivity contribution < 1.29 is 14.3 Å². The lowest BCUT2D eigenvalue weighted by atomic mass is 10.1. The van der Waals surface area contributed by atoms with Crippen LogP contribution in [0.3, 0.4) is 0 Å². The van der Waals surface area contributed by atoms with Gasteiger partial charge in [-0.05, 0) is 29.8 Å². The number of hydrogen-bond donors (Lipinski definition) is 1. The lowest BCUT2D eigenvalue weighted by Gasteiger charge is -2.11. The molecule has 4 heteroatoms. The summed E-state index contributed by atoms with van der Waals surface area (Å²) in [7, 11) is 1.29. The van der Waals surface area contributed by atoms with E-state index in [-0.39, 0.29) is 5.91 Å². The monoisotopic (exact) mass is 257 g/mol. The number of amides is 1. The van der Waals surface area contributed by atoms with Crippen LogP contribution in [0.5, 0.6) is 0 Å². The normalized spacial score (nSPS) is 11.9. The predicted molar refractivity (Wildman–Crippen MR) is 72.9 cm³/mol. The minimum atomic E-state index is -0.663. The Morgan fingerprint density at radius 2 is 1.79 bits per heavy atom. The van der Waals surface area contributed by atoms with Crippen LogP contribution in [-0.4, -0.2) is 25.0 Å². The fourth-order valence-electron chi connectivity index (χ4n) is 1.85. The van der Waals surface area contributed by atoms with Gasteiger partial charge in [-0.3, -0.25) is 4.79 Å². The summed E-state index contributed by atoms with van der Waals surface area (Å²) in [5, 5.41) is 4.65. The van der Waals surface area contributed by atoms with Crippen LogP contribution in [0.15, 0.2) is 42.5 Å². The fraction of sp³-hybridized carbons (Fsp3) is 0.200. The third kappa shape index (κ3) is 2.91. The molecule has 2 aromatic carbocycles. The highest BCUT2D eigenvalue weighted by atomic mass is 16.5. The van der Waals surface area contributed by atoms with E-state index in [4.69, 9.17) is 0 Å². The molecule has 0 fully saturated rings. The van der Waals surface area contributed by atoms with Gasteiger partial charge in [-0.25, -0.2) is 4.79 Å². The van der Waals surface area contributed by atoms with E-state index in [0.717, 1.165) is 10.8 Å². The van der Waals surface area contributed by atoms with Crippen molar-refractivity contribution in [3.05, 3.63) is 48.0 Å². The summed E-state index contributed by atoms with van der Waals surface area (Å²) in [6.07, 6.45) is 0. The molecule has 2 rings (SSSR count). The summed E-state index contributed by atoms with van der Waals surface area (Å²) in [4.78, 5) is 23.3. The second kappa shape index (κ2) is 5.52. The first-order valence-electron chi connectivity index (χ1n) is 5.99. The highest BCUT2D eigenvalue weighted by Gasteiger charge is 2.16. The van der Waals surface area contributed by atoms with Gasteiger partial charge in [0.25, 0.3) is 5.91 Å². The Labute approximate surface area is 111 Å². The highest BCUT2D eigenvalue weighted by molar-refractivity contribution is 6.00. The number of ether oxygens (including phenoxy) is 1. The molecule has 0 radical (unpaired) electrons. The van der Waals surface area contributed by atoms with Crippen molar-refractivity contribution in [3.8, 4) is 0 Å². The van der Waals surface area contributed by atoms with Gasteiger partial charge in [0.15, 0.2) is 0 Å². The molecular formula is C15H15NO3. The molecule has 1 N–H and O–H groups in total. The van der Waals surface area contributed by atoms with Crippen molar-refractivity contribution in [2.24, 2.45) is 0 Å². The molecule has 4 nitrogen and oxygen atoms in total. The Morgan fingerprint density at radius 1 is 1.11 bits per heavy atom. The topological polar surface area (TPSA) is 55.4 Å². The maximum atomic E-state index is 12.0. The second-order valence-electron chi connectivity index (χ2n) is 4.28. The Morgan fingerprint density at radius 3 is 2.47 bits per heavy atom. The van der Waals surface area contributed by atoms with Crippen LogP contribution in [0.4, 0.5) is 0 Å². The van der Waals surface area contributed by atoms with Gasteiger partial charge < -0.3 is 10.1 Å². The average molecular weight is 257 g/mol. The van der Waals surface area contributed by atoms with Crippen LogP contribution in [0.25, 0.3) is 10.8 Å². The highest BCUT2D eigenvalue weighted by Crippen LogP contribution is 2.15.